The van der Waals surface area contributed by atoms with E-state index in [0.717, 1.165) is 28.7 Å². The van der Waals surface area contributed by atoms with Gasteiger partial charge >= 0.3 is 0 Å². The quantitative estimate of drug-likeness (QED) is 0.704. The van der Waals surface area contributed by atoms with Gasteiger partial charge in [0, 0.05) is 13.0 Å². The number of hydrogen-bond donors (Lipinski definition) is 2. The van der Waals surface area contributed by atoms with Gasteiger partial charge in [0.2, 0.25) is 0 Å². The van der Waals surface area contributed by atoms with E-state index < -0.39 is 0 Å². The first-order chi connectivity index (χ1) is 11.3. The van der Waals surface area contributed by atoms with E-state index in [1.54, 1.807) is 17.3 Å². The number of rotatable bonds is 4. The van der Waals surface area contributed by atoms with Crippen LogP contribution in [0.2, 0.25) is 0 Å². The molecule has 2 N–H and O–H groups in total. The van der Waals surface area contributed by atoms with Crippen LogP contribution >= 0.6 is 11.8 Å². The van der Waals surface area contributed by atoms with Crippen LogP contribution in [0.3, 0.4) is 0 Å². The Hall–Kier alpha value is -2.55. The molecule has 4 heterocycles. The van der Waals surface area contributed by atoms with Crippen molar-refractivity contribution in [1.29, 1.82) is 0 Å². The number of aromatic amines is 2. The molecule has 1 aliphatic heterocycles. The number of aromatic nitrogens is 5. The van der Waals surface area contributed by atoms with Crippen LogP contribution in [0.25, 0.3) is 0 Å². The molecule has 4 rings (SSSR count). The summed E-state index contributed by atoms with van der Waals surface area (Å²) in [5, 5.41) is 7.28. The van der Waals surface area contributed by atoms with Gasteiger partial charge in [-0.1, -0.05) is 11.8 Å². The molecule has 3 aromatic heterocycles. The summed E-state index contributed by atoms with van der Waals surface area (Å²) in [6.45, 7) is 1.19. The molecule has 0 fully saturated rings. The zero-order valence-electron chi connectivity index (χ0n) is 12.2. The number of amides is 1. The predicted molar refractivity (Wildman–Crippen MR) is 81.7 cm³/mol. The summed E-state index contributed by atoms with van der Waals surface area (Å²) >= 11 is 1.47. The largest absolute Gasteiger partial charge is 0.455 e. The van der Waals surface area contributed by atoms with Crippen LogP contribution in [0.4, 0.5) is 0 Å². The number of furan rings is 1. The molecule has 1 amide bonds. The highest BCUT2D eigenvalue weighted by Crippen LogP contribution is 2.22. The van der Waals surface area contributed by atoms with Gasteiger partial charge in [-0.2, -0.15) is 5.10 Å². The summed E-state index contributed by atoms with van der Waals surface area (Å²) in [5.41, 5.74) is 2.04. The van der Waals surface area contributed by atoms with Crippen LogP contribution in [-0.4, -0.2) is 42.5 Å². The Balaban J connectivity index is 1.41. The lowest BCUT2D eigenvalue weighted by atomic mass is 10.1. The normalized spacial score (nSPS) is 14.0. The van der Waals surface area contributed by atoms with Crippen LogP contribution in [-0.2, 0) is 18.7 Å². The second-order valence-electron chi connectivity index (χ2n) is 5.15. The molecule has 0 spiro atoms. The van der Waals surface area contributed by atoms with E-state index in [2.05, 4.69) is 25.1 Å². The fourth-order valence-corrected chi connectivity index (χ4v) is 3.19. The van der Waals surface area contributed by atoms with Crippen LogP contribution in [0.1, 0.15) is 27.7 Å². The van der Waals surface area contributed by atoms with Crippen molar-refractivity contribution in [3.63, 3.8) is 0 Å². The van der Waals surface area contributed by atoms with Gasteiger partial charge in [0.1, 0.15) is 12.1 Å². The average molecular weight is 330 g/mol. The second kappa shape index (κ2) is 5.92. The van der Waals surface area contributed by atoms with Gasteiger partial charge in [-0.25, -0.2) is 9.97 Å². The third kappa shape index (κ3) is 2.87. The van der Waals surface area contributed by atoms with E-state index in [1.165, 1.54) is 18.1 Å². The zero-order valence-corrected chi connectivity index (χ0v) is 13.0. The Morgan fingerprint density at radius 3 is 3.22 bits per heavy atom. The fourth-order valence-electron chi connectivity index (χ4n) is 2.52. The molecule has 0 bridgehead atoms. The molecule has 0 aliphatic carbocycles. The van der Waals surface area contributed by atoms with Crippen molar-refractivity contribution < 1.29 is 9.21 Å². The average Bonchev–Trinajstić information content (AvgIpc) is 3.31. The van der Waals surface area contributed by atoms with E-state index >= 15 is 0 Å². The first-order valence-corrected chi connectivity index (χ1v) is 8.15. The third-order valence-electron chi connectivity index (χ3n) is 3.68. The van der Waals surface area contributed by atoms with Crippen LogP contribution in [0.5, 0.6) is 0 Å². The first kappa shape index (κ1) is 14.1. The maximum absolute atomic E-state index is 12.5. The summed E-state index contributed by atoms with van der Waals surface area (Å²) in [7, 11) is 0. The third-order valence-corrected chi connectivity index (χ3v) is 4.58. The molecule has 1 aliphatic rings. The Bertz CT molecular complexity index is 809. The SMILES string of the molecule is O=C(c1ccc(CSc2ncn[nH]2)o1)N1CCc2nc[nH]c2C1. The monoisotopic (exact) mass is 330 g/mol. The smallest absolute Gasteiger partial charge is 0.289 e. The Labute approximate surface area is 135 Å². The highest BCUT2D eigenvalue weighted by atomic mass is 32.2. The highest BCUT2D eigenvalue weighted by molar-refractivity contribution is 7.98. The standard InChI is InChI=1S/C14H14N6O2S/c21-13(20-4-3-10-11(5-20)16-7-15-10)12-2-1-9(22-12)6-23-14-17-8-18-19-14/h1-2,7-8H,3-6H2,(H,15,16)(H,17,18,19). The number of fused-ring (bicyclic) bond motifs is 1. The Morgan fingerprint density at radius 1 is 1.39 bits per heavy atom. The number of thioether (sulfide) groups is 1. The maximum Gasteiger partial charge on any atom is 0.289 e. The zero-order chi connectivity index (χ0) is 15.6. The number of hydrogen-bond acceptors (Lipinski definition) is 6. The molecule has 0 aromatic carbocycles. The topological polar surface area (TPSA) is 104 Å². The van der Waals surface area contributed by atoms with Crippen molar-refractivity contribution in [2.75, 3.05) is 6.54 Å². The molecule has 0 radical (unpaired) electrons. The van der Waals surface area contributed by atoms with Crippen LogP contribution < -0.4 is 0 Å². The minimum absolute atomic E-state index is 0.0961. The summed E-state index contributed by atoms with van der Waals surface area (Å²) in [5.74, 6) is 1.59. The predicted octanol–water partition coefficient (Wildman–Crippen LogP) is 1.61. The number of H-pyrrole nitrogens is 2. The van der Waals surface area contributed by atoms with E-state index in [0.29, 0.717) is 24.6 Å². The number of nitrogens with zero attached hydrogens (tertiary/aromatic N) is 4. The minimum Gasteiger partial charge on any atom is -0.455 e. The van der Waals surface area contributed by atoms with Gasteiger partial charge < -0.3 is 14.3 Å². The van der Waals surface area contributed by atoms with E-state index in [-0.39, 0.29) is 5.91 Å². The van der Waals surface area contributed by atoms with E-state index in [4.69, 9.17) is 4.42 Å². The summed E-state index contributed by atoms with van der Waals surface area (Å²) < 4.78 is 5.67. The first-order valence-electron chi connectivity index (χ1n) is 7.17. The van der Waals surface area contributed by atoms with Crippen molar-refractivity contribution >= 4 is 17.7 Å². The van der Waals surface area contributed by atoms with Gasteiger partial charge in [0.15, 0.2) is 10.9 Å². The van der Waals surface area contributed by atoms with Crippen molar-refractivity contribution in [2.45, 2.75) is 23.9 Å². The molecular weight excluding hydrogens is 316 g/mol. The van der Waals surface area contributed by atoms with E-state index in [1.807, 2.05) is 6.07 Å². The molecule has 3 aromatic rings. The lowest BCUT2D eigenvalue weighted by molar-refractivity contribution is 0.0698. The van der Waals surface area contributed by atoms with Crippen molar-refractivity contribution in [2.24, 2.45) is 0 Å². The van der Waals surface area contributed by atoms with Gasteiger partial charge in [0.05, 0.1) is 30.0 Å². The Kier molecular flexibility index (Phi) is 3.62. The number of carbonyl (C=O) groups is 1. The maximum atomic E-state index is 12.5. The number of carbonyl (C=O) groups excluding carboxylic acids is 1. The van der Waals surface area contributed by atoms with Gasteiger partial charge in [-0.3, -0.25) is 9.89 Å². The molecule has 0 unspecified atom stereocenters. The van der Waals surface area contributed by atoms with Crippen LogP contribution in [0.15, 0.2) is 34.4 Å². The molecule has 0 atom stereocenters. The molecule has 23 heavy (non-hydrogen) atoms. The van der Waals surface area contributed by atoms with Gasteiger partial charge in [-0.05, 0) is 12.1 Å². The molecule has 8 nitrogen and oxygen atoms in total. The molecule has 118 valence electrons. The summed E-state index contributed by atoms with van der Waals surface area (Å²) in [6, 6.07) is 3.54. The lowest BCUT2D eigenvalue weighted by Crippen LogP contribution is -2.35. The summed E-state index contributed by atoms with van der Waals surface area (Å²) in [6.07, 6.45) is 3.89. The van der Waals surface area contributed by atoms with Crippen molar-refractivity contribution in [1.82, 2.24) is 30.0 Å². The second-order valence-corrected chi connectivity index (χ2v) is 6.11. The number of nitrogens with one attached hydrogen (secondary N) is 2. The Morgan fingerprint density at radius 2 is 2.35 bits per heavy atom. The molecular formula is C14H14N6O2S. The van der Waals surface area contributed by atoms with Crippen LogP contribution in [0, 0.1) is 0 Å². The van der Waals surface area contributed by atoms with Gasteiger partial charge in [0.25, 0.3) is 5.91 Å². The van der Waals surface area contributed by atoms with Gasteiger partial charge in [-0.15, -0.1) is 0 Å². The van der Waals surface area contributed by atoms with E-state index in [9.17, 15) is 4.79 Å². The minimum atomic E-state index is -0.0961. The number of imidazole rings is 1. The molecule has 0 saturated heterocycles. The van der Waals surface area contributed by atoms with Crippen molar-refractivity contribution in [3.05, 3.63) is 47.7 Å². The molecule has 0 saturated carbocycles. The highest BCUT2D eigenvalue weighted by Gasteiger charge is 2.25. The lowest BCUT2D eigenvalue weighted by Gasteiger charge is -2.25. The molecule has 9 heteroatoms. The summed E-state index contributed by atoms with van der Waals surface area (Å²) in [4.78, 5) is 25.7. The van der Waals surface area contributed by atoms with Crippen molar-refractivity contribution in [3.8, 4) is 0 Å². The fraction of sp³-hybridized carbons (Fsp3) is 0.286.